The summed E-state index contributed by atoms with van der Waals surface area (Å²) < 4.78 is 21.3. The quantitative estimate of drug-likeness (QED) is 0.673. The van der Waals surface area contributed by atoms with Gasteiger partial charge in [-0.25, -0.2) is 0 Å². The molecule has 140 valence electrons. The predicted molar refractivity (Wildman–Crippen MR) is 94.8 cm³/mol. The summed E-state index contributed by atoms with van der Waals surface area (Å²) in [6.45, 7) is 0.0770. The maximum atomic E-state index is 12.5. The van der Waals surface area contributed by atoms with Gasteiger partial charge in [-0.2, -0.15) is 0 Å². The van der Waals surface area contributed by atoms with E-state index < -0.39 is 0 Å². The number of aromatic nitrogens is 3. The van der Waals surface area contributed by atoms with Crippen LogP contribution in [0.25, 0.3) is 11.5 Å². The first kappa shape index (κ1) is 18.2. The van der Waals surface area contributed by atoms with E-state index in [-0.39, 0.29) is 18.3 Å². The fourth-order valence-corrected chi connectivity index (χ4v) is 2.41. The standard InChI is InChI=1S/C18H18N4O5/c1-24-13-8-12(9-14(25-2)16(13)26-3)17(23)20-10-15-21-22-18(27-15)11-4-6-19-7-5-11/h4-9H,10H2,1-3H3,(H,20,23). The third kappa shape index (κ3) is 3.97. The largest absolute Gasteiger partial charge is 0.493 e. The van der Waals surface area contributed by atoms with E-state index in [4.69, 9.17) is 18.6 Å². The van der Waals surface area contributed by atoms with Crippen LogP contribution in [0.2, 0.25) is 0 Å². The number of nitrogens with zero attached hydrogens (tertiary/aromatic N) is 3. The van der Waals surface area contributed by atoms with E-state index in [1.54, 1.807) is 36.7 Å². The molecule has 1 aromatic carbocycles. The number of hydrogen-bond donors (Lipinski definition) is 1. The van der Waals surface area contributed by atoms with Crippen molar-refractivity contribution in [2.75, 3.05) is 21.3 Å². The Bertz CT molecular complexity index is 902. The molecule has 2 heterocycles. The van der Waals surface area contributed by atoms with E-state index in [9.17, 15) is 4.79 Å². The summed E-state index contributed by atoms with van der Waals surface area (Å²) in [5.41, 5.74) is 1.10. The summed E-state index contributed by atoms with van der Waals surface area (Å²) in [5.74, 6) is 1.48. The Morgan fingerprint density at radius 1 is 1.04 bits per heavy atom. The predicted octanol–water partition coefficient (Wildman–Crippen LogP) is 2.09. The van der Waals surface area contributed by atoms with Gasteiger partial charge in [-0.05, 0) is 24.3 Å². The lowest BCUT2D eigenvalue weighted by molar-refractivity contribution is 0.0946. The molecule has 2 aromatic heterocycles. The summed E-state index contributed by atoms with van der Waals surface area (Å²) in [6.07, 6.45) is 3.26. The highest BCUT2D eigenvalue weighted by molar-refractivity contribution is 5.95. The van der Waals surface area contributed by atoms with Gasteiger partial charge >= 0.3 is 0 Å². The van der Waals surface area contributed by atoms with Crippen molar-refractivity contribution in [3.05, 3.63) is 48.1 Å². The van der Waals surface area contributed by atoms with Crippen LogP contribution in [0.15, 0.2) is 41.1 Å². The van der Waals surface area contributed by atoms with E-state index in [1.807, 2.05) is 0 Å². The number of carbonyl (C=O) groups is 1. The van der Waals surface area contributed by atoms with E-state index in [0.717, 1.165) is 5.56 Å². The zero-order chi connectivity index (χ0) is 19.2. The molecular formula is C18H18N4O5. The maximum absolute atomic E-state index is 12.5. The topological polar surface area (TPSA) is 109 Å². The van der Waals surface area contributed by atoms with Gasteiger partial charge in [0.05, 0.1) is 27.9 Å². The molecule has 1 amide bonds. The van der Waals surface area contributed by atoms with Gasteiger partial charge in [0.15, 0.2) is 11.5 Å². The van der Waals surface area contributed by atoms with Crippen LogP contribution in [0.5, 0.6) is 17.2 Å². The molecule has 0 unspecified atom stereocenters. The molecule has 0 spiro atoms. The third-order valence-corrected chi connectivity index (χ3v) is 3.72. The van der Waals surface area contributed by atoms with Crippen molar-refractivity contribution in [3.63, 3.8) is 0 Å². The Morgan fingerprint density at radius 3 is 2.30 bits per heavy atom. The minimum Gasteiger partial charge on any atom is -0.493 e. The molecule has 0 aliphatic rings. The number of methoxy groups -OCH3 is 3. The van der Waals surface area contributed by atoms with Crippen LogP contribution in [0.1, 0.15) is 16.2 Å². The number of pyridine rings is 1. The average Bonchev–Trinajstić information content (AvgIpc) is 3.20. The molecule has 9 nitrogen and oxygen atoms in total. The summed E-state index contributed by atoms with van der Waals surface area (Å²) in [4.78, 5) is 16.4. The van der Waals surface area contributed by atoms with Crippen LogP contribution >= 0.6 is 0 Å². The van der Waals surface area contributed by atoms with Crippen LogP contribution in [0, 0.1) is 0 Å². The summed E-state index contributed by atoms with van der Waals surface area (Å²) >= 11 is 0. The molecule has 0 saturated carbocycles. The molecule has 0 aliphatic carbocycles. The van der Waals surface area contributed by atoms with Crippen LogP contribution in [0.3, 0.4) is 0 Å². The molecule has 0 aliphatic heterocycles. The van der Waals surface area contributed by atoms with E-state index in [1.165, 1.54) is 21.3 Å². The lowest BCUT2D eigenvalue weighted by Gasteiger charge is -2.13. The van der Waals surface area contributed by atoms with Crippen LogP contribution in [0.4, 0.5) is 0 Å². The van der Waals surface area contributed by atoms with Crippen molar-refractivity contribution in [2.24, 2.45) is 0 Å². The normalized spacial score (nSPS) is 10.3. The molecule has 0 saturated heterocycles. The second-order valence-corrected chi connectivity index (χ2v) is 5.33. The smallest absolute Gasteiger partial charge is 0.251 e. The zero-order valence-corrected chi connectivity index (χ0v) is 15.1. The van der Waals surface area contributed by atoms with Gasteiger partial charge in [-0.1, -0.05) is 0 Å². The molecule has 1 N–H and O–H groups in total. The molecule has 3 aromatic rings. The van der Waals surface area contributed by atoms with Gasteiger partial charge < -0.3 is 23.9 Å². The summed E-state index contributed by atoms with van der Waals surface area (Å²) in [6, 6.07) is 6.64. The summed E-state index contributed by atoms with van der Waals surface area (Å²) in [7, 11) is 4.46. The Balaban J connectivity index is 1.72. The van der Waals surface area contributed by atoms with Crippen LogP contribution in [-0.4, -0.2) is 42.4 Å². The lowest BCUT2D eigenvalue weighted by atomic mass is 10.1. The number of hydrogen-bond acceptors (Lipinski definition) is 8. The maximum Gasteiger partial charge on any atom is 0.251 e. The van der Waals surface area contributed by atoms with E-state index in [0.29, 0.717) is 28.7 Å². The molecule has 9 heteroatoms. The molecule has 0 radical (unpaired) electrons. The second kappa shape index (κ2) is 8.17. The Labute approximate surface area is 155 Å². The van der Waals surface area contributed by atoms with Gasteiger partial charge in [0.1, 0.15) is 0 Å². The molecule has 0 bridgehead atoms. The first-order valence-corrected chi connectivity index (χ1v) is 7.97. The Hall–Kier alpha value is -3.62. The number of benzene rings is 1. The van der Waals surface area contributed by atoms with Crippen molar-refractivity contribution in [1.29, 1.82) is 0 Å². The lowest BCUT2D eigenvalue weighted by Crippen LogP contribution is -2.23. The van der Waals surface area contributed by atoms with Crippen molar-refractivity contribution < 1.29 is 23.4 Å². The van der Waals surface area contributed by atoms with Crippen molar-refractivity contribution in [2.45, 2.75) is 6.54 Å². The summed E-state index contributed by atoms with van der Waals surface area (Å²) in [5, 5.41) is 10.6. The highest BCUT2D eigenvalue weighted by Gasteiger charge is 2.17. The monoisotopic (exact) mass is 370 g/mol. The fraction of sp³-hybridized carbons (Fsp3) is 0.222. The van der Waals surface area contributed by atoms with Crippen LogP contribution < -0.4 is 19.5 Å². The van der Waals surface area contributed by atoms with Crippen molar-refractivity contribution in [1.82, 2.24) is 20.5 Å². The van der Waals surface area contributed by atoms with Gasteiger partial charge in [-0.3, -0.25) is 9.78 Å². The highest BCUT2D eigenvalue weighted by Crippen LogP contribution is 2.38. The molecule has 3 rings (SSSR count). The average molecular weight is 370 g/mol. The van der Waals surface area contributed by atoms with Gasteiger partial charge in [-0.15, -0.1) is 10.2 Å². The number of carbonyl (C=O) groups excluding carboxylic acids is 1. The number of rotatable bonds is 7. The minimum absolute atomic E-state index is 0.0770. The Morgan fingerprint density at radius 2 is 1.70 bits per heavy atom. The minimum atomic E-state index is -0.349. The van der Waals surface area contributed by atoms with Gasteiger partial charge in [0.25, 0.3) is 5.91 Å². The first-order valence-electron chi connectivity index (χ1n) is 7.97. The van der Waals surface area contributed by atoms with E-state index >= 15 is 0 Å². The van der Waals surface area contributed by atoms with Gasteiger partial charge in [0.2, 0.25) is 17.5 Å². The van der Waals surface area contributed by atoms with Crippen molar-refractivity contribution in [3.8, 4) is 28.7 Å². The second-order valence-electron chi connectivity index (χ2n) is 5.33. The first-order chi connectivity index (χ1) is 13.2. The Kier molecular flexibility index (Phi) is 5.50. The SMILES string of the molecule is COc1cc(C(=O)NCc2nnc(-c3ccncc3)o2)cc(OC)c1OC. The van der Waals surface area contributed by atoms with Gasteiger partial charge in [0, 0.05) is 23.5 Å². The highest BCUT2D eigenvalue weighted by atomic mass is 16.5. The molecule has 0 fully saturated rings. The van der Waals surface area contributed by atoms with E-state index in [2.05, 4.69) is 20.5 Å². The molecule has 0 atom stereocenters. The third-order valence-electron chi connectivity index (χ3n) is 3.72. The molecular weight excluding hydrogens is 352 g/mol. The zero-order valence-electron chi connectivity index (χ0n) is 15.1. The fourth-order valence-electron chi connectivity index (χ4n) is 2.41. The van der Waals surface area contributed by atoms with Crippen LogP contribution in [-0.2, 0) is 6.54 Å². The number of ether oxygens (including phenoxy) is 3. The number of nitrogens with one attached hydrogen (secondary N) is 1. The molecule has 27 heavy (non-hydrogen) atoms. The van der Waals surface area contributed by atoms with Crippen molar-refractivity contribution >= 4 is 5.91 Å². The number of amides is 1.